The quantitative estimate of drug-likeness (QED) is 0.599. The summed E-state index contributed by atoms with van der Waals surface area (Å²) in [5.74, 6) is -0.569. The van der Waals surface area contributed by atoms with Crippen LogP contribution < -0.4 is 10.8 Å². The summed E-state index contributed by atoms with van der Waals surface area (Å²) >= 11 is 0. The van der Waals surface area contributed by atoms with Crippen molar-refractivity contribution in [3.05, 3.63) is 29.6 Å². The van der Waals surface area contributed by atoms with Crippen LogP contribution in [0.5, 0.6) is 0 Å². The van der Waals surface area contributed by atoms with Crippen molar-refractivity contribution in [3.63, 3.8) is 0 Å². The smallest absolute Gasteiger partial charge is 0.423 e. The number of benzene rings is 1. The molecule has 0 aromatic heterocycles. The summed E-state index contributed by atoms with van der Waals surface area (Å²) in [4.78, 5) is 0. The summed E-state index contributed by atoms with van der Waals surface area (Å²) in [5.41, 5.74) is 0.744. The van der Waals surface area contributed by atoms with Gasteiger partial charge in [0.2, 0.25) is 0 Å². The van der Waals surface area contributed by atoms with Crippen LogP contribution in [0.2, 0.25) is 0 Å². The van der Waals surface area contributed by atoms with Crippen molar-refractivity contribution < 1.29 is 14.4 Å². The predicted molar refractivity (Wildman–Crippen MR) is 56.1 cm³/mol. The highest BCUT2D eigenvalue weighted by atomic mass is 19.1. The lowest BCUT2D eigenvalue weighted by Crippen LogP contribution is -2.33. The molecule has 0 saturated heterocycles. The van der Waals surface area contributed by atoms with Crippen molar-refractivity contribution >= 4 is 12.6 Å². The molecule has 5 heteroatoms. The first kappa shape index (κ1) is 10.6. The molecular formula is C10H13BFNO2. The standard InChI is InChI=1S/C10H13BFNO2/c12-10-5-7(6-13-8-2-3-8)1-4-9(10)11(14)15/h1,4-5,8,13-15H,2-3,6H2. The van der Waals surface area contributed by atoms with Crippen LogP contribution in [0.15, 0.2) is 18.2 Å². The Morgan fingerprint density at radius 1 is 1.40 bits per heavy atom. The Hall–Kier alpha value is -0.905. The third-order valence-electron chi connectivity index (χ3n) is 2.52. The monoisotopic (exact) mass is 209 g/mol. The van der Waals surface area contributed by atoms with E-state index in [4.69, 9.17) is 10.0 Å². The zero-order valence-corrected chi connectivity index (χ0v) is 8.28. The van der Waals surface area contributed by atoms with E-state index < -0.39 is 12.9 Å². The molecular weight excluding hydrogens is 196 g/mol. The van der Waals surface area contributed by atoms with Crippen LogP contribution in [-0.4, -0.2) is 23.2 Å². The summed E-state index contributed by atoms with van der Waals surface area (Å²) in [5, 5.41) is 20.9. The second-order valence-corrected chi connectivity index (χ2v) is 3.88. The van der Waals surface area contributed by atoms with E-state index in [0.717, 1.165) is 5.56 Å². The summed E-state index contributed by atoms with van der Waals surface area (Å²) in [6.45, 7) is 0.628. The molecule has 1 saturated carbocycles. The maximum absolute atomic E-state index is 13.3. The Balaban J connectivity index is 2.03. The van der Waals surface area contributed by atoms with Crippen LogP contribution in [0.3, 0.4) is 0 Å². The molecule has 1 aromatic carbocycles. The van der Waals surface area contributed by atoms with E-state index in [1.165, 1.54) is 25.0 Å². The van der Waals surface area contributed by atoms with Gasteiger partial charge in [-0.25, -0.2) is 4.39 Å². The van der Waals surface area contributed by atoms with Crippen molar-refractivity contribution in [2.75, 3.05) is 0 Å². The molecule has 1 fully saturated rings. The number of hydrogen-bond acceptors (Lipinski definition) is 3. The average molecular weight is 209 g/mol. The Morgan fingerprint density at radius 2 is 2.13 bits per heavy atom. The molecule has 1 aliphatic rings. The fourth-order valence-corrected chi connectivity index (χ4v) is 1.44. The number of halogens is 1. The van der Waals surface area contributed by atoms with Gasteiger partial charge in [-0.15, -0.1) is 0 Å². The third kappa shape index (κ3) is 2.78. The first-order valence-electron chi connectivity index (χ1n) is 5.04. The lowest BCUT2D eigenvalue weighted by Gasteiger charge is -2.06. The second kappa shape index (κ2) is 4.30. The second-order valence-electron chi connectivity index (χ2n) is 3.88. The van der Waals surface area contributed by atoms with Crippen molar-refractivity contribution in [1.82, 2.24) is 5.32 Å². The highest BCUT2D eigenvalue weighted by molar-refractivity contribution is 6.58. The van der Waals surface area contributed by atoms with Crippen LogP contribution >= 0.6 is 0 Å². The fourth-order valence-electron chi connectivity index (χ4n) is 1.44. The molecule has 0 amide bonds. The molecule has 0 radical (unpaired) electrons. The van der Waals surface area contributed by atoms with Gasteiger partial charge < -0.3 is 15.4 Å². The molecule has 15 heavy (non-hydrogen) atoms. The molecule has 0 aliphatic heterocycles. The van der Waals surface area contributed by atoms with Crippen molar-refractivity contribution in [2.45, 2.75) is 25.4 Å². The maximum atomic E-state index is 13.3. The fraction of sp³-hybridized carbons (Fsp3) is 0.400. The van der Waals surface area contributed by atoms with Gasteiger partial charge >= 0.3 is 7.12 Å². The van der Waals surface area contributed by atoms with Crippen molar-refractivity contribution in [3.8, 4) is 0 Å². The van der Waals surface area contributed by atoms with Gasteiger partial charge in [-0.3, -0.25) is 0 Å². The minimum atomic E-state index is -1.74. The molecule has 0 bridgehead atoms. The number of rotatable bonds is 4. The van der Waals surface area contributed by atoms with E-state index in [1.807, 2.05) is 0 Å². The van der Waals surface area contributed by atoms with Gasteiger partial charge in [0.05, 0.1) is 0 Å². The Bertz CT molecular complexity index is 355. The third-order valence-corrected chi connectivity index (χ3v) is 2.52. The molecule has 2 rings (SSSR count). The molecule has 0 spiro atoms. The minimum absolute atomic E-state index is 0.0785. The van der Waals surface area contributed by atoms with E-state index in [2.05, 4.69) is 5.32 Å². The number of nitrogens with one attached hydrogen (secondary N) is 1. The zero-order chi connectivity index (χ0) is 10.8. The Labute approximate surface area is 88.1 Å². The lowest BCUT2D eigenvalue weighted by molar-refractivity contribution is 0.423. The first-order chi connectivity index (χ1) is 7.16. The van der Waals surface area contributed by atoms with Gasteiger partial charge in [0, 0.05) is 18.0 Å². The van der Waals surface area contributed by atoms with E-state index >= 15 is 0 Å². The van der Waals surface area contributed by atoms with E-state index in [9.17, 15) is 4.39 Å². The van der Waals surface area contributed by atoms with Gasteiger partial charge in [0.15, 0.2) is 0 Å². The van der Waals surface area contributed by atoms with Gasteiger partial charge in [-0.05, 0) is 24.5 Å². The van der Waals surface area contributed by atoms with Crippen LogP contribution in [0.25, 0.3) is 0 Å². The van der Waals surface area contributed by atoms with Crippen LogP contribution in [0.4, 0.5) is 4.39 Å². The first-order valence-corrected chi connectivity index (χ1v) is 5.04. The van der Waals surface area contributed by atoms with Crippen LogP contribution in [0.1, 0.15) is 18.4 Å². The van der Waals surface area contributed by atoms with Gasteiger partial charge in [-0.1, -0.05) is 12.1 Å². The normalized spacial score (nSPS) is 15.4. The summed E-state index contributed by atoms with van der Waals surface area (Å²) in [6, 6.07) is 5.03. The van der Waals surface area contributed by atoms with E-state index in [1.54, 1.807) is 6.07 Å². The van der Waals surface area contributed by atoms with Gasteiger partial charge in [0.25, 0.3) is 0 Å². The molecule has 1 aromatic rings. The van der Waals surface area contributed by atoms with E-state index in [0.29, 0.717) is 12.6 Å². The number of hydrogen-bond donors (Lipinski definition) is 3. The zero-order valence-electron chi connectivity index (χ0n) is 8.28. The van der Waals surface area contributed by atoms with E-state index in [-0.39, 0.29) is 5.46 Å². The molecule has 1 aliphatic carbocycles. The SMILES string of the molecule is OB(O)c1ccc(CNC2CC2)cc1F. The largest absolute Gasteiger partial charge is 0.491 e. The van der Waals surface area contributed by atoms with Gasteiger partial charge in [-0.2, -0.15) is 0 Å². The highest BCUT2D eigenvalue weighted by Gasteiger charge is 2.20. The molecule has 0 heterocycles. The minimum Gasteiger partial charge on any atom is -0.423 e. The molecule has 0 unspecified atom stereocenters. The predicted octanol–water partition coefficient (Wildman–Crippen LogP) is -0.243. The van der Waals surface area contributed by atoms with Crippen molar-refractivity contribution in [1.29, 1.82) is 0 Å². The highest BCUT2D eigenvalue weighted by Crippen LogP contribution is 2.19. The Kier molecular flexibility index (Phi) is 3.04. The van der Waals surface area contributed by atoms with Crippen molar-refractivity contribution in [2.24, 2.45) is 0 Å². The average Bonchev–Trinajstić information content (AvgIpc) is 2.97. The summed E-state index contributed by atoms with van der Waals surface area (Å²) < 4.78 is 13.3. The molecule has 0 atom stereocenters. The molecule has 3 N–H and O–H groups in total. The molecule has 3 nitrogen and oxygen atoms in total. The van der Waals surface area contributed by atoms with Crippen LogP contribution in [0, 0.1) is 5.82 Å². The Morgan fingerprint density at radius 3 is 2.67 bits per heavy atom. The molecule has 80 valence electrons. The summed E-state index contributed by atoms with van der Waals surface area (Å²) in [7, 11) is -1.74. The van der Waals surface area contributed by atoms with Gasteiger partial charge in [0.1, 0.15) is 5.82 Å². The lowest BCUT2D eigenvalue weighted by atomic mass is 9.79. The van der Waals surface area contributed by atoms with Crippen LogP contribution in [-0.2, 0) is 6.54 Å². The topological polar surface area (TPSA) is 52.5 Å². The maximum Gasteiger partial charge on any atom is 0.491 e. The summed E-state index contributed by atoms with van der Waals surface area (Å²) in [6.07, 6.45) is 2.38.